The van der Waals surface area contributed by atoms with Crippen LogP contribution in [0.1, 0.15) is 5.56 Å². The molecule has 1 aromatic carbocycles. The van der Waals surface area contributed by atoms with Gasteiger partial charge in [-0.25, -0.2) is 4.79 Å². The fourth-order valence-electron chi connectivity index (χ4n) is 1.64. The molecule has 0 heterocycles. The van der Waals surface area contributed by atoms with E-state index in [2.05, 4.69) is 0 Å². The number of hydrogen-bond donors (Lipinski definition) is 5. The number of carbonyl (C=O) groups is 3. The van der Waals surface area contributed by atoms with Crippen molar-refractivity contribution in [3.8, 4) is 0 Å². The molecule has 4 atom stereocenters. The highest BCUT2D eigenvalue weighted by Crippen LogP contribution is 2.08. The van der Waals surface area contributed by atoms with Gasteiger partial charge >= 0.3 is 5.97 Å². The third-order valence-corrected chi connectivity index (χ3v) is 2.99. The summed E-state index contributed by atoms with van der Waals surface area (Å²) in [4.78, 5) is 33.7. The highest BCUT2D eigenvalue weighted by molar-refractivity contribution is 6.43. The van der Waals surface area contributed by atoms with Crippen LogP contribution in [-0.2, 0) is 14.4 Å². The van der Waals surface area contributed by atoms with E-state index < -0.39 is 42.0 Å². The zero-order valence-corrected chi connectivity index (χ0v) is 11.8. The minimum absolute atomic E-state index is 0.616. The average molecular weight is 324 g/mol. The minimum atomic E-state index is -2.41. The zero-order valence-electron chi connectivity index (χ0n) is 11.8. The Morgan fingerprint density at radius 3 is 1.91 bits per heavy atom. The molecule has 124 valence electrons. The van der Waals surface area contributed by atoms with Crippen LogP contribution in [0.5, 0.6) is 0 Å². The summed E-state index contributed by atoms with van der Waals surface area (Å²) in [7, 11) is 0. The molecule has 5 N–H and O–H groups in total. The van der Waals surface area contributed by atoms with Crippen LogP contribution < -0.4 is 0 Å². The topological polar surface area (TPSA) is 152 Å². The molecule has 8 heteroatoms. The van der Waals surface area contributed by atoms with Crippen molar-refractivity contribution in [3.63, 3.8) is 0 Å². The molecule has 0 aliphatic heterocycles. The molecule has 1 rings (SSSR count). The molecular formula is C15H16O8. The maximum Gasteiger partial charge on any atom is 0.335 e. The normalized spacial score (nSPS) is 16.5. The zero-order chi connectivity index (χ0) is 17.6. The van der Waals surface area contributed by atoms with Crippen LogP contribution in [0.4, 0.5) is 0 Å². The Morgan fingerprint density at radius 1 is 0.870 bits per heavy atom. The summed E-state index contributed by atoms with van der Waals surface area (Å²) in [5.41, 5.74) is 0.616. The van der Waals surface area contributed by atoms with Gasteiger partial charge in [0.15, 0.2) is 6.10 Å². The van der Waals surface area contributed by atoms with Gasteiger partial charge in [0.25, 0.3) is 0 Å². The molecule has 0 spiro atoms. The third-order valence-electron chi connectivity index (χ3n) is 2.99. The second kappa shape index (κ2) is 8.30. The van der Waals surface area contributed by atoms with Crippen LogP contribution in [-0.4, -0.2) is 67.5 Å². The lowest BCUT2D eigenvalue weighted by Gasteiger charge is -2.23. The Bertz CT molecular complexity index is 595. The first kappa shape index (κ1) is 18.7. The fraction of sp³-hybridized carbons (Fsp3) is 0.267. The van der Waals surface area contributed by atoms with Gasteiger partial charge in [0.05, 0.1) is 0 Å². The molecule has 0 radical (unpaired) electrons. The molecule has 0 fully saturated rings. The molecule has 0 aromatic heterocycles. The van der Waals surface area contributed by atoms with E-state index in [1.54, 1.807) is 30.3 Å². The van der Waals surface area contributed by atoms with E-state index >= 15 is 0 Å². The van der Waals surface area contributed by atoms with E-state index in [4.69, 9.17) is 10.2 Å². The number of hydrogen-bond acceptors (Lipinski definition) is 7. The van der Waals surface area contributed by atoms with E-state index in [0.29, 0.717) is 5.56 Å². The Balaban J connectivity index is 2.73. The summed E-state index contributed by atoms with van der Waals surface area (Å²) >= 11 is 0. The first-order valence-corrected chi connectivity index (χ1v) is 6.52. The third kappa shape index (κ3) is 5.08. The molecule has 0 saturated carbocycles. The molecule has 23 heavy (non-hydrogen) atoms. The van der Waals surface area contributed by atoms with Crippen LogP contribution in [0.2, 0.25) is 0 Å². The van der Waals surface area contributed by atoms with Crippen LogP contribution in [0.15, 0.2) is 36.4 Å². The largest absolute Gasteiger partial charge is 0.479 e. The highest BCUT2D eigenvalue weighted by Gasteiger charge is 2.38. The minimum Gasteiger partial charge on any atom is -0.479 e. The van der Waals surface area contributed by atoms with Crippen molar-refractivity contribution in [1.82, 2.24) is 0 Å². The predicted octanol–water partition coefficient (Wildman–Crippen LogP) is -1.63. The van der Waals surface area contributed by atoms with E-state index in [-0.39, 0.29) is 0 Å². The number of aliphatic hydroxyl groups is 4. The van der Waals surface area contributed by atoms with Crippen molar-refractivity contribution in [2.45, 2.75) is 24.4 Å². The Kier molecular flexibility index (Phi) is 6.73. The van der Waals surface area contributed by atoms with Crippen LogP contribution in [0.3, 0.4) is 0 Å². The SMILES string of the molecule is O=C(C=Cc1ccccc1)C(=O)[C@H](O)[C@@H](O)[C@H](O)[C@H](O)C(=O)O. The molecule has 0 saturated heterocycles. The Morgan fingerprint density at radius 2 is 1.39 bits per heavy atom. The van der Waals surface area contributed by atoms with Crippen molar-refractivity contribution in [2.75, 3.05) is 0 Å². The fourth-order valence-corrected chi connectivity index (χ4v) is 1.64. The van der Waals surface area contributed by atoms with Crippen LogP contribution >= 0.6 is 0 Å². The number of carbonyl (C=O) groups excluding carboxylic acids is 2. The van der Waals surface area contributed by atoms with Gasteiger partial charge < -0.3 is 25.5 Å². The number of allylic oxidation sites excluding steroid dienone is 1. The quantitative estimate of drug-likeness (QED) is 0.282. The van der Waals surface area contributed by atoms with Gasteiger partial charge in [-0.15, -0.1) is 0 Å². The second-order valence-electron chi connectivity index (χ2n) is 4.68. The van der Waals surface area contributed by atoms with Gasteiger partial charge in [-0.3, -0.25) is 9.59 Å². The molecule has 0 bridgehead atoms. The number of rotatable bonds is 8. The summed E-state index contributed by atoms with van der Waals surface area (Å²) in [5, 5.41) is 45.9. The lowest BCUT2D eigenvalue weighted by Crippen LogP contribution is -2.51. The highest BCUT2D eigenvalue weighted by atomic mass is 16.4. The summed E-state index contributed by atoms with van der Waals surface area (Å²) in [5.74, 6) is -4.45. The maximum absolute atomic E-state index is 11.7. The molecule has 1 aromatic rings. The summed E-state index contributed by atoms with van der Waals surface area (Å²) in [6.45, 7) is 0. The van der Waals surface area contributed by atoms with Crippen molar-refractivity contribution in [3.05, 3.63) is 42.0 Å². The van der Waals surface area contributed by atoms with Crippen LogP contribution in [0.25, 0.3) is 6.08 Å². The number of Topliss-reactive ketones (excluding diaryl/α,β-unsaturated/α-hetero) is 1. The number of carboxylic acids is 1. The van der Waals surface area contributed by atoms with Crippen molar-refractivity contribution in [1.29, 1.82) is 0 Å². The Hall–Kier alpha value is -2.39. The molecule has 0 amide bonds. The number of aliphatic hydroxyl groups excluding tert-OH is 4. The predicted molar refractivity (Wildman–Crippen MR) is 77.2 cm³/mol. The first-order chi connectivity index (χ1) is 10.8. The second-order valence-corrected chi connectivity index (χ2v) is 4.68. The molecule has 0 aliphatic carbocycles. The lowest BCUT2D eigenvalue weighted by atomic mass is 9.98. The van der Waals surface area contributed by atoms with Gasteiger partial charge in [0.2, 0.25) is 11.6 Å². The number of ketones is 2. The smallest absolute Gasteiger partial charge is 0.335 e. The van der Waals surface area contributed by atoms with Gasteiger partial charge in [0.1, 0.15) is 18.3 Å². The van der Waals surface area contributed by atoms with E-state index in [0.717, 1.165) is 6.08 Å². The van der Waals surface area contributed by atoms with Gasteiger partial charge in [-0.1, -0.05) is 36.4 Å². The van der Waals surface area contributed by atoms with E-state index in [9.17, 15) is 29.7 Å². The molecular weight excluding hydrogens is 308 g/mol. The monoisotopic (exact) mass is 324 g/mol. The summed E-state index contributed by atoms with van der Waals surface area (Å²) < 4.78 is 0. The molecule has 8 nitrogen and oxygen atoms in total. The summed E-state index contributed by atoms with van der Waals surface area (Å²) in [6.07, 6.45) is -7.27. The maximum atomic E-state index is 11.7. The van der Waals surface area contributed by atoms with Crippen molar-refractivity contribution in [2.24, 2.45) is 0 Å². The van der Waals surface area contributed by atoms with Gasteiger partial charge in [-0.05, 0) is 11.6 Å². The Labute approximate surface area is 130 Å². The van der Waals surface area contributed by atoms with Gasteiger partial charge in [-0.2, -0.15) is 0 Å². The van der Waals surface area contributed by atoms with Crippen LogP contribution in [0, 0.1) is 0 Å². The average Bonchev–Trinajstić information content (AvgIpc) is 2.56. The van der Waals surface area contributed by atoms with Gasteiger partial charge in [0, 0.05) is 0 Å². The lowest BCUT2D eigenvalue weighted by molar-refractivity contribution is -0.166. The number of carboxylic acid groups (broad SMARTS) is 1. The van der Waals surface area contributed by atoms with E-state index in [1.165, 1.54) is 6.08 Å². The van der Waals surface area contributed by atoms with Crippen molar-refractivity contribution < 1.29 is 39.9 Å². The molecule has 0 aliphatic rings. The standard InChI is InChI=1S/C15H16O8/c16-9(7-6-8-4-2-1-3-5-8)10(17)11(18)12(19)13(20)14(21)15(22)23/h1-7,11-14,18-21H,(H,22,23)/t11-,12+,13-,14-/m0/s1. The number of benzene rings is 1. The summed E-state index contributed by atoms with van der Waals surface area (Å²) in [6, 6.07) is 8.47. The molecule has 0 unspecified atom stereocenters. The van der Waals surface area contributed by atoms with E-state index in [1.807, 2.05) is 0 Å². The van der Waals surface area contributed by atoms with Crippen molar-refractivity contribution >= 4 is 23.6 Å². The number of aliphatic carboxylic acids is 1. The first-order valence-electron chi connectivity index (χ1n) is 6.52.